The van der Waals surface area contributed by atoms with Gasteiger partial charge in [0.15, 0.2) is 0 Å². The van der Waals surface area contributed by atoms with Crippen LogP contribution in [0.25, 0.3) is 0 Å². The minimum absolute atomic E-state index is 0.212. The average Bonchev–Trinajstić information content (AvgIpc) is 2.09. The standard InChI is InChI=1S/C10H12INO/c11-9-3-1-8(2-4-9)7-10(13)5-6-12/h1-4H,5-7,12H2. The summed E-state index contributed by atoms with van der Waals surface area (Å²) in [5.74, 6) is 0.212. The van der Waals surface area contributed by atoms with Crippen LogP contribution in [-0.4, -0.2) is 12.3 Å². The van der Waals surface area contributed by atoms with Crippen molar-refractivity contribution in [3.8, 4) is 0 Å². The molecule has 0 heterocycles. The van der Waals surface area contributed by atoms with Crippen LogP contribution in [0.4, 0.5) is 0 Å². The first-order valence-corrected chi connectivity index (χ1v) is 5.26. The van der Waals surface area contributed by atoms with Crippen molar-refractivity contribution in [1.29, 1.82) is 0 Å². The van der Waals surface area contributed by atoms with Gasteiger partial charge in [0.2, 0.25) is 0 Å². The van der Waals surface area contributed by atoms with Gasteiger partial charge in [0.25, 0.3) is 0 Å². The Hall–Kier alpha value is -0.420. The molecule has 0 aliphatic rings. The molecule has 0 radical (unpaired) electrons. The Morgan fingerprint density at radius 2 is 1.92 bits per heavy atom. The molecule has 0 unspecified atom stereocenters. The van der Waals surface area contributed by atoms with Gasteiger partial charge in [0.1, 0.15) is 5.78 Å². The summed E-state index contributed by atoms with van der Waals surface area (Å²) in [6, 6.07) is 7.98. The van der Waals surface area contributed by atoms with Gasteiger partial charge in [-0.05, 0) is 46.8 Å². The van der Waals surface area contributed by atoms with Gasteiger partial charge >= 0.3 is 0 Å². The van der Waals surface area contributed by atoms with Gasteiger partial charge in [-0.25, -0.2) is 0 Å². The molecule has 70 valence electrons. The van der Waals surface area contributed by atoms with Crippen molar-refractivity contribution in [3.63, 3.8) is 0 Å². The molecular weight excluding hydrogens is 277 g/mol. The van der Waals surface area contributed by atoms with Crippen LogP contribution in [0.2, 0.25) is 0 Å². The van der Waals surface area contributed by atoms with E-state index < -0.39 is 0 Å². The first kappa shape index (κ1) is 10.7. The van der Waals surface area contributed by atoms with Crippen LogP contribution in [0.15, 0.2) is 24.3 Å². The van der Waals surface area contributed by atoms with Crippen molar-refractivity contribution in [2.24, 2.45) is 5.73 Å². The van der Waals surface area contributed by atoms with Crippen molar-refractivity contribution >= 4 is 28.4 Å². The van der Waals surface area contributed by atoms with Crippen LogP contribution in [0.1, 0.15) is 12.0 Å². The van der Waals surface area contributed by atoms with E-state index in [1.165, 1.54) is 3.57 Å². The molecule has 0 fully saturated rings. The lowest BCUT2D eigenvalue weighted by Crippen LogP contribution is -2.09. The summed E-state index contributed by atoms with van der Waals surface area (Å²) in [4.78, 5) is 11.2. The van der Waals surface area contributed by atoms with Gasteiger partial charge < -0.3 is 5.73 Å². The minimum Gasteiger partial charge on any atom is -0.330 e. The normalized spacial score (nSPS) is 10.0. The quantitative estimate of drug-likeness (QED) is 0.858. The second kappa shape index (κ2) is 5.34. The summed E-state index contributed by atoms with van der Waals surface area (Å²) < 4.78 is 1.19. The highest BCUT2D eigenvalue weighted by molar-refractivity contribution is 14.1. The molecule has 0 amide bonds. The van der Waals surface area contributed by atoms with E-state index in [0.29, 0.717) is 19.4 Å². The predicted octanol–water partition coefficient (Wildman–Crippen LogP) is 1.75. The zero-order chi connectivity index (χ0) is 9.68. The Kier molecular flexibility index (Phi) is 4.38. The molecule has 0 atom stereocenters. The smallest absolute Gasteiger partial charge is 0.138 e. The second-order valence-corrected chi connectivity index (χ2v) is 4.13. The van der Waals surface area contributed by atoms with Gasteiger partial charge in [-0.3, -0.25) is 4.79 Å². The van der Waals surface area contributed by atoms with Crippen molar-refractivity contribution in [1.82, 2.24) is 0 Å². The Morgan fingerprint density at radius 3 is 2.46 bits per heavy atom. The van der Waals surface area contributed by atoms with Crippen molar-refractivity contribution in [2.75, 3.05) is 6.54 Å². The van der Waals surface area contributed by atoms with Crippen LogP contribution in [-0.2, 0) is 11.2 Å². The highest BCUT2D eigenvalue weighted by Crippen LogP contribution is 2.07. The van der Waals surface area contributed by atoms with Crippen molar-refractivity contribution in [3.05, 3.63) is 33.4 Å². The first-order chi connectivity index (χ1) is 6.22. The molecule has 0 bridgehead atoms. The molecule has 0 aromatic heterocycles. The molecule has 0 spiro atoms. The zero-order valence-electron chi connectivity index (χ0n) is 7.29. The molecule has 3 heteroatoms. The highest BCUT2D eigenvalue weighted by atomic mass is 127. The third kappa shape index (κ3) is 3.87. The first-order valence-electron chi connectivity index (χ1n) is 4.18. The minimum atomic E-state index is 0.212. The molecule has 1 aromatic carbocycles. The molecular formula is C10H12INO. The zero-order valence-corrected chi connectivity index (χ0v) is 9.45. The van der Waals surface area contributed by atoms with Gasteiger partial charge in [0, 0.05) is 16.4 Å². The van der Waals surface area contributed by atoms with E-state index in [-0.39, 0.29) is 5.78 Å². The van der Waals surface area contributed by atoms with E-state index in [4.69, 9.17) is 5.73 Å². The van der Waals surface area contributed by atoms with Crippen LogP contribution in [0, 0.1) is 3.57 Å². The number of benzene rings is 1. The van der Waals surface area contributed by atoms with E-state index in [1.807, 2.05) is 24.3 Å². The number of Topliss-reactive ketones (excluding diaryl/α,β-unsaturated/α-hetero) is 1. The largest absolute Gasteiger partial charge is 0.330 e. The van der Waals surface area contributed by atoms with Crippen molar-refractivity contribution in [2.45, 2.75) is 12.8 Å². The SMILES string of the molecule is NCCC(=O)Cc1ccc(I)cc1. The monoisotopic (exact) mass is 289 g/mol. The number of halogens is 1. The molecule has 0 saturated heterocycles. The molecule has 2 N–H and O–H groups in total. The van der Waals surface area contributed by atoms with Gasteiger partial charge in [-0.15, -0.1) is 0 Å². The van der Waals surface area contributed by atoms with Gasteiger partial charge in [-0.2, -0.15) is 0 Å². The van der Waals surface area contributed by atoms with E-state index in [9.17, 15) is 4.79 Å². The van der Waals surface area contributed by atoms with Crippen molar-refractivity contribution < 1.29 is 4.79 Å². The summed E-state index contributed by atoms with van der Waals surface area (Å²) in [5, 5.41) is 0. The number of hydrogen-bond donors (Lipinski definition) is 1. The maximum atomic E-state index is 11.2. The molecule has 13 heavy (non-hydrogen) atoms. The number of hydrogen-bond acceptors (Lipinski definition) is 2. The van der Waals surface area contributed by atoms with E-state index >= 15 is 0 Å². The maximum absolute atomic E-state index is 11.2. The second-order valence-electron chi connectivity index (χ2n) is 2.88. The van der Waals surface area contributed by atoms with Crippen LogP contribution in [0.5, 0.6) is 0 Å². The Balaban J connectivity index is 2.54. The lowest BCUT2D eigenvalue weighted by atomic mass is 10.1. The van der Waals surface area contributed by atoms with E-state index in [1.54, 1.807) is 0 Å². The van der Waals surface area contributed by atoms with Gasteiger partial charge in [0.05, 0.1) is 0 Å². The van der Waals surface area contributed by atoms with E-state index in [2.05, 4.69) is 22.6 Å². The number of rotatable bonds is 4. The highest BCUT2D eigenvalue weighted by Gasteiger charge is 2.01. The third-order valence-corrected chi connectivity index (χ3v) is 2.46. The summed E-state index contributed by atoms with van der Waals surface area (Å²) in [7, 11) is 0. The Labute approximate surface area is 91.7 Å². The average molecular weight is 289 g/mol. The number of carbonyl (C=O) groups excluding carboxylic acids is 1. The lowest BCUT2D eigenvalue weighted by molar-refractivity contribution is -0.118. The maximum Gasteiger partial charge on any atom is 0.138 e. The fourth-order valence-corrected chi connectivity index (χ4v) is 1.44. The molecule has 1 aromatic rings. The summed E-state index contributed by atoms with van der Waals surface area (Å²) in [6.07, 6.45) is 0.986. The number of ketones is 1. The fourth-order valence-electron chi connectivity index (χ4n) is 1.08. The van der Waals surface area contributed by atoms with Crippen LogP contribution < -0.4 is 5.73 Å². The van der Waals surface area contributed by atoms with Crippen LogP contribution >= 0.6 is 22.6 Å². The molecule has 0 saturated carbocycles. The Morgan fingerprint density at radius 1 is 1.31 bits per heavy atom. The molecule has 0 aliphatic heterocycles. The Bertz CT molecular complexity index is 281. The molecule has 0 aliphatic carbocycles. The fraction of sp³-hybridized carbons (Fsp3) is 0.300. The summed E-state index contributed by atoms with van der Waals surface area (Å²) in [5.41, 5.74) is 6.35. The topological polar surface area (TPSA) is 43.1 Å². The summed E-state index contributed by atoms with van der Waals surface area (Å²) in [6.45, 7) is 0.448. The van der Waals surface area contributed by atoms with Gasteiger partial charge in [-0.1, -0.05) is 12.1 Å². The predicted molar refractivity (Wildman–Crippen MR) is 61.5 cm³/mol. The summed E-state index contributed by atoms with van der Waals surface area (Å²) >= 11 is 2.24. The van der Waals surface area contributed by atoms with E-state index in [0.717, 1.165) is 5.56 Å². The third-order valence-electron chi connectivity index (χ3n) is 1.74. The number of nitrogens with two attached hydrogens (primary N) is 1. The lowest BCUT2D eigenvalue weighted by Gasteiger charge is -1.99. The number of carbonyl (C=O) groups is 1. The molecule has 2 nitrogen and oxygen atoms in total. The van der Waals surface area contributed by atoms with Crippen LogP contribution in [0.3, 0.4) is 0 Å². The molecule has 1 rings (SSSR count).